The normalized spacial score (nSPS) is 14.1. The van der Waals surface area contributed by atoms with Gasteiger partial charge in [-0.1, -0.05) is 19.3 Å². The molecular formula is C31H27FN8O. The van der Waals surface area contributed by atoms with Gasteiger partial charge in [0, 0.05) is 41.7 Å². The van der Waals surface area contributed by atoms with Crippen LogP contribution in [0.5, 0.6) is 0 Å². The van der Waals surface area contributed by atoms with E-state index in [4.69, 9.17) is 4.98 Å². The van der Waals surface area contributed by atoms with Gasteiger partial charge in [0.25, 0.3) is 0 Å². The lowest BCUT2D eigenvalue weighted by molar-refractivity contribution is -0.117. The second-order valence-electron chi connectivity index (χ2n) is 10.6. The molecule has 0 radical (unpaired) electrons. The van der Waals surface area contributed by atoms with Crippen molar-refractivity contribution in [3.8, 4) is 33.9 Å². The lowest BCUT2D eigenvalue weighted by atomic mass is 9.87. The quantitative estimate of drug-likeness (QED) is 0.214. The summed E-state index contributed by atoms with van der Waals surface area (Å²) in [7, 11) is 0. The van der Waals surface area contributed by atoms with Crippen molar-refractivity contribution in [3.63, 3.8) is 0 Å². The summed E-state index contributed by atoms with van der Waals surface area (Å²) in [4.78, 5) is 34.3. The molecule has 7 rings (SSSR count). The van der Waals surface area contributed by atoms with Gasteiger partial charge in [-0.3, -0.25) is 19.9 Å². The van der Waals surface area contributed by atoms with Gasteiger partial charge in [-0.15, -0.1) is 0 Å². The van der Waals surface area contributed by atoms with E-state index in [1.165, 1.54) is 31.4 Å². The molecule has 0 spiro atoms. The largest absolute Gasteiger partial charge is 0.336 e. The number of pyridine rings is 3. The molecule has 9 nitrogen and oxygen atoms in total. The summed E-state index contributed by atoms with van der Waals surface area (Å²) < 4.78 is 13.5. The molecule has 5 heterocycles. The molecule has 6 aromatic rings. The second kappa shape index (κ2) is 10.5. The first kappa shape index (κ1) is 25.0. The number of fused-ring (bicyclic) bond motifs is 2. The predicted octanol–water partition coefficient (Wildman–Crippen LogP) is 6.67. The van der Waals surface area contributed by atoms with E-state index in [9.17, 15) is 9.18 Å². The number of hydrogen-bond donors (Lipinski definition) is 3. The van der Waals surface area contributed by atoms with Crippen molar-refractivity contribution in [3.05, 3.63) is 73.1 Å². The summed E-state index contributed by atoms with van der Waals surface area (Å²) in [6.45, 7) is 0. The van der Waals surface area contributed by atoms with Gasteiger partial charge in [0.05, 0.1) is 28.5 Å². The number of carbonyl (C=O) groups is 1. The van der Waals surface area contributed by atoms with Crippen LogP contribution in [-0.4, -0.2) is 41.0 Å². The Morgan fingerprint density at radius 1 is 0.927 bits per heavy atom. The van der Waals surface area contributed by atoms with Crippen LogP contribution >= 0.6 is 0 Å². The zero-order chi connectivity index (χ0) is 27.8. The number of H-pyrrole nitrogens is 2. The van der Waals surface area contributed by atoms with Crippen LogP contribution in [0.1, 0.15) is 38.5 Å². The van der Waals surface area contributed by atoms with Crippen LogP contribution < -0.4 is 5.32 Å². The summed E-state index contributed by atoms with van der Waals surface area (Å²) in [5.41, 5.74) is 6.42. The third kappa shape index (κ3) is 5.04. The molecule has 1 saturated carbocycles. The van der Waals surface area contributed by atoms with E-state index < -0.39 is 0 Å². The molecule has 0 bridgehead atoms. The topological polar surface area (TPSA) is 125 Å². The molecule has 0 aliphatic heterocycles. The fourth-order valence-corrected chi connectivity index (χ4v) is 5.64. The highest BCUT2D eigenvalue weighted by Gasteiger charge is 2.19. The Kier molecular flexibility index (Phi) is 6.42. The van der Waals surface area contributed by atoms with Crippen LogP contribution in [0, 0.1) is 11.7 Å². The molecule has 3 N–H and O–H groups in total. The number of rotatable bonds is 6. The Bertz CT molecular complexity index is 1870. The average Bonchev–Trinajstić information content (AvgIpc) is 3.62. The number of nitrogens with zero attached hydrogens (tertiary/aromatic N) is 5. The standard InChI is InChI=1S/C31H27FN8O/c32-22-8-6-19(7-9-22)27-29-25(10-11-34-27)37-31(38-29)28-24-14-21(16-35-30(24)40-39-28)20-13-23(17-33-15-20)36-26(41)12-18-4-2-1-3-5-18/h6-11,13-18H,1-5,12H2,(H,36,41)(H,37,38)(H,35,39,40). The molecule has 5 aromatic heterocycles. The molecule has 10 heteroatoms. The molecule has 0 saturated heterocycles. The third-order valence-electron chi connectivity index (χ3n) is 7.71. The molecule has 1 fully saturated rings. The Balaban J connectivity index is 1.19. The molecule has 1 amide bonds. The molecular weight excluding hydrogens is 519 g/mol. The maximum absolute atomic E-state index is 13.5. The van der Waals surface area contributed by atoms with Gasteiger partial charge >= 0.3 is 0 Å². The van der Waals surface area contributed by atoms with Crippen molar-refractivity contribution in [1.29, 1.82) is 0 Å². The van der Waals surface area contributed by atoms with Gasteiger partial charge in [-0.2, -0.15) is 5.10 Å². The number of amides is 1. The van der Waals surface area contributed by atoms with Crippen LogP contribution in [0.4, 0.5) is 10.1 Å². The predicted molar refractivity (Wildman–Crippen MR) is 155 cm³/mol. The minimum Gasteiger partial charge on any atom is -0.336 e. The molecule has 41 heavy (non-hydrogen) atoms. The smallest absolute Gasteiger partial charge is 0.224 e. The number of aromatic amines is 2. The maximum Gasteiger partial charge on any atom is 0.224 e. The summed E-state index contributed by atoms with van der Waals surface area (Å²) in [6.07, 6.45) is 13.3. The van der Waals surface area contributed by atoms with Crippen LogP contribution in [0.15, 0.2) is 67.3 Å². The first-order valence-electron chi connectivity index (χ1n) is 13.8. The van der Waals surface area contributed by atoms with Gasteiger partial charge in [0.2, 0.25) is 5.91 Å². The molecule has 1 aromatic carbocycles. The number of hydrogen-bond acceptors (Lipinski definition) is 6. The lowest BCUT2D eigenvalue weighted by Gasteiger charge is -2.20. The van der Waals surface area contributed by atoms with Crippen molar-refractivity contribution in [2.24, 2.45) is 5.92 Å². The maximum atomic E-state index is 13.5. The van der Waals surface area contributed by atoms with Crippen molar-refractivity contribution >= 4 is 33.7 Å². The first-order valence-corrected chi connectivity index (χ1v) is 13.8. The monoisotopic (exact) mass is 546 g/mol. The number of benzene rings is 1. The SMILES string of the molecule is O=C(CC1CCCCC1)Nc1cncc(-c2cnc3[nH]nc(-c4nc5c(-c6ccc(F)cc6)nccc5[nH]4)c3c2)c1. The van der Waals surface area contributed by atoms with Crippen molar-refractivity contribution < 1.29 is 9.18 Å². The number of imidazole rings is 1. The average molecular weight is 547 g/mol. The number of aromatic nitrogens is 7. The van der Waals surface area contributed by atoms with E-state index in [0.29, 0.717) is 46.4 Å². The molecule has 204 valence electrons. The highest BCUT2D eigenvalue weighted by Crippen LogP contribution is 2.32. The van der Waals surface area contributed by atoms with Gasteiger partial charge in [0.1, 0.15) is 17.0 Å². The minimum absolute atomic E-state index is 0.0286. The van der Waals surface area contributed by atoms with Crippen molar-refractivity contribution in [2.45, 2.75) is 38.5 Å². The van der Waals surface area contributed by atoms with Crippen LogP contribution in [0.3, 0.4) is 0 Å². The number of nitrogens with one attached hydrogen (secondary N) is 3. The van der Waals surface area contributed by atoms with E-state index in [1.54, 1.807) is 36.9 Å². The third-order valence-corrected chi connectivity index (χ3v) is 7.71. The highest BCUT2D eigenvalue weighted by molar-refractivity contribution is 5.96. The van der Waals surface area contributed by atoms with Gasteiger partial charge < -0.3 is 10.3 Å². The first-order chi connectivity index (χ1) is 20.1. The Morgan fingerprint density at radius 2 is 1.76 bits per heavy atom. The van der Waals surface area contributed by atoms with Crippen molar-refractivity contribution in [1.82, 2.24) is 35.1 Å². The zero-order valence-electron chi connectivity index (χ0n) is 22.2. The molecule has 0 atom stereocenters. The zero-order valence-corrected chi connectivity index (χ0v) is 22.2. The molecule has 0 unspecified atom stereocenters. The Hall–Kier alpha value is -4.99. The van der Waals surface area contributed by atoms with Crippen LogP contribution in [-0.2, 0) is 4.79 Å². The molecule has 1 aliphatic carbocycles. The van der Waals surface area contributed by atoms with E-state index >= 15 is 0 Å². The number of halogens is 1. The van der Waals surface area contributed by atoms with E-state index in [0.717, 1.165) is 40.4 Å². The Morgan fingerprint density at radius 3 is 2.61 bits per heavy atom. The minimum atomic E-state index is -0.308. The summed E-state index contributed by atoms with van der Waals surface area (Å²) in [6, 6.07) is 11.9. The lowest BCUT2D eigenvalue weighted by Crippen LogP contribution is -2.18. The second-order valence-corrected chi connectivity index (χ2v) is 10.6. The highest BCUT2D eigenvalue weighted by atomic mass is 19.1. The van der Waals surface area contributed by atoms with Gasteiger partial charge in [-0.05, 0) is 61.2 Å². The van der Waals surface area contributed by atoms with E-state index in [2.05, 4.69) is 35.5 Å². The Labute approximate surface area is 234 Å². The number of carbonyl (C=O) groups excluding carboxylic acids is 1. The van der Waals surface area contributed by atoms with Crippen LogP contribution in [0.2, 0.25) is 0 Å². The van der Waals surface area contributed by atoms with E-state index in [-0.39, 0.29) is 11.7 Å². The fourth-order valence-electron chi connectivity index (χ4n) is 5.64. The molecule has 1 aliphatic rings. The number of anilines is 1. The summed E-state index contributed by atoms with van der Waals surface area (Å²) in [5, 5.41) is 11.3. The summed E-state index contributed by atoms with van der Waals surface area (Å²) in [5.74, 6) is 0.744. The van der Waals surface area contributed by atoms with Gasteiger partial charge in [0.15, 0.2) is 11.5 Å². The van der Waals surface area contributed by atoms with Crippen molar-refractivity contribution in [2.75, 3.05) is 5.32 Å². The fraction of sp³-hybridized carbons (Fsp3) is 0.226. The van der Waals surface area contributed by atoms with Gasteiger partial charge in [-0.25, -0.2) is 14.4 Å². The van der Waals surface area contributed by atoms with E-state index in [1.807, 2.05) is 18.2 Å². The summed E-state index contributed by atoms with van der Waals surface area (Å²) >= 11 is 0. The van der Waals surface area contributed by atoms with Crippen LogP contribution in [0.25, 0.3) is 56.0 Å².